The molecule has 342 valence electrons. The van der Waals surface area contributed by atoms with Crippen molar-refractivity contribution in [2.24, 2.45) is 0 Å². The maximum atomic E-state index is 11.3. The van der Waals surface area contributed by atoms with E-state index in [0.29, 0.717) is 5.56 Å². The molecule has 2 aliphatic rings. The third-order valence-corrected chi connectivity index (χ3v) is 6.26. The van der Waals surface area contributed by atoms with Crippen molar-refractivity contribution in [2.75, 3.05) is 60.6 Å². The number of hydrogen-bond acceptors (Lipinski definition) is 12. The zero-order valence-corrected chi connectivity index (χ0v) is 38.6. The van der Waals surface area contributed by atoms with Gasteiger partial charge < -0.3 is 28.5 Å². The number of fused-ring (bicyclic) bond motifs is 4. The Labute approximate surface area is 364 Å². The second kappa shape index (κ2) is 38.0. The Balaban J connectivity index is -0.000000111. The smallest absolute Gasteiger partial charge is 0.469 e. The predicted molar refractivity (Wildman–Crippen MR) is 252 cm³/mol. The van der Waals surface area contributed by atoms with E-state index in [1.165, 1.54) is 70.8 Å². The number of esters is 2. The Morgan fingerprint density at radius 1 is 0.627 bits per heavy atom. The molecule has 3 aromatic rings. The van der Waals surface area contributed by atoms with Crippen molar-refractivity contribution in [1.29, 1.82) is 0 Å². The van der Waals surface area contributed by atoms with E-state index < -0.39 is 21.6 Å². The molecule has 0 unspecified atom stereocenters. The van der Waals surface area contributed by atoms with Crippen LogP contribution in [0.5, 0.6) is 0 Å². The van der Waals surface area contributed by atoms with Gasteiger partial charge in [-0.15, -0.1) is 0 Å². The van der Waals surface area contributed by atoms with Gasteiger partial charge in [-0.2, -0.15) is 11.8 Å². The van der Waals surface area contributed by atoms with Crippen LogP contribution in [0.1, 0.15) is 118 Å². The van der Waals surface area contributed by atoms with Crippen molar-refractivity contribution in [1.82, 2.24) is 0 Å². The van der Waals surface area contributed by atoms with Crippen molar-refractivity contribution in [3.05, 3.63) is 95.1 Å². The number of ketones is 1. The highest BCUT2D eigenvalue weighted by molar-refractivity contribution is 7.97. The van der Waals surface area contributed by atoms with Gasteiger partial charge in [0.2, 0.25) is 0 Å². The van der Waals surface area contributed by atoms with Gasteiger partial charge in [0, 0.05) is 44.6 Å². The van der Waals surface area contributed by atoms with Crippen LogP contribution in [0.25, 0.3) is 11.1 Å². The molecular formula is C46H80O11S2. The Morgan fingerprint density at radius 2 is 0.864 bits per heavy atom. The largest absolute Gasteiger partial charge is 0.507 e. The van der Waals surface area contributed by atoms with Gasteiger partial charge in [-0.3, -0.25) is 4.79 Å². The molecular weight excluding hydrogens is 793 g/mol. The molecule has 0 atom stereocenters. The lowest BCUT2D eigenvalue weighted by Gasteiger charge is -2.20. The number of hydrogen-bond donors (Lipinski definition) is 0. The van der Waals surface area contributed by atoms with Gasteiger partial charge >= 0.3 is 18.1 Å². The van der Waals surface area contributed by atoms with Gasteiger partial charge in [-0.25, -0.2) is 18.0 Å². The van der Waals surface area contributed by atoms with E-state index in [2.05, 4.69) is 95.2 Å². The zero-order chi connectivity index (χ0) is 44.7. The molecule has 0 saturated heterocycles. The normalized spacial score (nSPS) is 11.5. The third kappa shape index (κ3) is 33.3. The van der Waals surface area contributed by atoms with Crippen LogP contribution >= 0.6 is 11.8 Å². The minimum absolute atomic E-state index is 0. The number of sulfone groups is 1. The van der Waals surface area contributed by atoms with E-state index in [-0.39, 0.29) is 45.4 Å². The molecule has 13 heteroatoms. The SMILES string of the molecule is C.C.C.CC(C)=O.CC1(C)OC(=O)c2ccccc21.CC1(C)c2ccccc2-c2ccccc21.CCC.COC.COC(=O)OC.COC(C)=O.CS(C)(=O)=O.CSC. The minimum atomic E-state index is -2.67. The molecule has 3 aromatic carbocycles. The van der Waals surface area contributed by atoms with E-state index in [0.717, 1.165) is 18.1 Å². The first-order chi connectivity index (χ1) is 25.9. The predicted octanol–water partition coefficient (Wildman–Crippen LogP) is 11.5. The number of thioether (sulfide) groups is 1. The second-order valence-corrected chi connectivity index (χ2v) is 16.2. The Bertz CT molecular complexity index is 1600. The van der Waals surface area contributed by atoms with E-state index >= 15 is 0 Å². The quantitative estimate of drug-likeness (QED) is 0.156. The van der Waals surface area contributed by atoms with Crippen molar-refractivity contribution < 1.29 is 51.3 Å². The monoisotopic (exact) mass is 873 g/mol. The highest BCUT2D eigenvalue weighted by Crippen LogP contribution is 2.48. The molecule has 0 radical (unpaired) electrons. The van der Waals surface area contributed by atoms with Crippen molar-refractivity contribution in [2.45, 2.75) is 102 Å². The molecule has 1 aliphatic heterocycles. The first-order valence-corrected chi connectivity index (χ1v) is 21.4. The number of cyclic esters (lactones) is 1. The van der Waals surface area contributed by atoms with E-state index in [1.54, 1.807) is 32.0 Å². The summed E-state index contributed by atoms with van der Waals surface area (Å²) in [4.78, 5) is 40.0. The average Bonchev–Trinajstić information content (AvgIpc) is 3.49. The maximum Gasteiger partial charge on any atom is 0.507 e. The molecule has 1 aliphatic carbocycles. The molecule has 5 rings (SSSR count). The summed E-state index contributed by atoms with van der Waals surface area (Å²) in [6.45, 7) is 17.1. The topological polar surface area (TPSA) is 149 Å². The Hall–Kier alpha value is -4.20. The summed E-state index contributed by atoms with van der Waals surface area (Å²) in [7, 11) is 4.44. The summed E-state index contributed by atoms with van der Waals surface area (Å²) in [5.74, 6) is -0.291. The van der Waals surface area contributed by atoms with Crippen LogP contribution < -0.4 is 0 Å². The van der Waals surface area contributed by atoms with Crippen LogP contribution in [0.3, 0.4) is 0 Å². The first kappa shape index (κ1) is 69.4. The molecule has 0 saturated carbocycles. The van der Waals surface area contributed by atoms with Gasteiger partial charge in [-0.1, -0.05) is 123 Å². The van der Waals surface area contributed by atoms with Crippen LogP contribution in [0.4, 0.5) is 4.79 Å². The summed E-state index contributed by atoms with van der Waals surface area (Å²) in [6, 6.07) is 24.9. The minimum Gasteiger partial charge on any atom is -0.469 e. The van der Waals surface area contributed by atoms with Crippen molar-refractivity contribution in [3.63, 3.8) is 0 Å². The summed E-state index contributed by atoms with van der Waals surface area (Å²) >= 11 is 1.75. The highest BCUT2D eigenvalue weighted by atomic mass is 32.2. The van der Waals surface area contributed by atoms with Crippen LogP contribution in [-0.4, -0.2) is 92.9 Å². The van der Waals surface area contributed by atoms with Crippen LogP contribution in [0, 0.1) is 0 Å². The van der Waals surface area contributed by atoms with Crippen LogP contribution in [-0.2, 0) is 54.1 Å². The zero-order valence-electron chi connectivity index (χ0n) is 36.9. The molecule has 0 N–H and O–H groups in total. The van der Waals surface area contributed by atoms with Crippen LogP contribution in [0.15, 0.2) is 72.8 Å². The van der Waals surface area contributed by atoms with Gasteiger partial charge in [0.15, 0.2) is 0 Å². The number of methoxy groups -OCH3 is 4. The number of benzene rings is 3. The summed E-state index contributed by atoms with van der Waals surface area (Å²) in [6.07, 6.45) is 7.00. The number of ether oxygens (including phenoxy) is 5. The Morgan fingerprint density at radius 3 is 1.08 bits per heavy atom. The van der Waals surface area contributed by atoms with E-state index in [4.69, 9.17) is 4.74 Å². The summed E-state index contributed by atoms with van der Waals surface area (Å²) in [5.41, 5.74) is 7.09. The summed E-state index contributed by atoms with van der Waals surface area (Å²) in [5, 5.41) is 0. The second-order valence-electron chi connectivity index (χ2n) is 13.1. The third-order valence-electron chi connectivity index (χ3n) is 6.26. The molecule has 59 heavy (non-hydrogen) atoms. The lowest BCUT2D eigenvalue weighted by Crippen LogP contribution is -2.15. The fourth-order valence-electron chi connectivity index (χ4n) is 4.28. The van der Waals surface area contributed by atoms with Crippen LogP contribution in [0.2, 0.25) is 0 Å². The maximum absolute atomic E-state index is 11.3. The molecule has 0 fully saturated rings. The highest BCUT2D eigenvalue weighted by Gasteiger charge is 2.37. The van der Waals surface area contributed by atoms with E-state index in [1.807, 2.05) is 44.6 Å². The molecule has 0 bridgehead atoms. The standard InChI is InChI=1S/C15H14.C10H10O2.C3H6O3.C3H6O2.C3H6O.C3H8.C2H6O2S.C2H6O.C2H6S.3CH4/c1-15(2)13-9-5-3-7-11(13)12-8-4-6-10-14(12)15;1-10(2)8-6-4-3-5-7(8)9(11)12-10;1-5-3(4)6-2;1-3(4)5-2;1-3(2)4;1-3-2;1-5(2,3)4;2*1-3-2;;;/h3-10H,1-2H3;3-6H,1-2H3;1-2H3;1-2H3;1-2H3;3H2,1-2H3;1-2H3;2*1-2H3;3*1H4. The lowest BCUT2D eigenvalue weighted by atomic mass is 9.82. The van der Waals surface area contributed by atoms with Crippen molar-refractivity contribution in [3.8, 4) is 11.1 Å². The molecule has 0 spiro atoms. The molecule has 0 aromatic heterocycles. The number of Topliss-reactive ketones (excluding diaryl/α,β-unsaturated/α-hetero) is 1. The molecule has 1 heterocycles. The van der Waals surface area contributed by atoms with Gasteiger partial charge in [-0.05, 0) is 68.5 Å². The van der Waals surface area contributed by atoms with E-state index in [9.17, 15) is 27.6 Å². The van der Waals surface area contributed by atoms with Gasteiger partial charge in [0.25, 0.3) is 0 Å². The van der Waals surface area contributed by atoms with Crippen molar-refractivity contribution >= 4 is 45.5 Å². The number of rotatable bonds is 0. The fourth-order valence-corrected chi connectivity index (χ4v) is 4.28. The molecule has 0 amide bonds. The average molecular weight is 873 g/mol. The summed E-state index contributed by atoms with van der Waals surface area (Å²) < 4.78 is 40.9. The van der Waals surface area contributed by atoms with Gasteiger partial charge in [0.05, 0.1) is 26.9 Å². The number of carbonyl (C=O) groups is 4. The number of carbonyl (C=O) groups excluding carboxylic acids is 4. The Kier molecular flexibility index (Phi) is 44.7. The molecule has 11 nitrogen and oxygen atoms in total. The van der Waals surface area contributed by atoms with Gasteiger partial charge in [0.1, 0.15) is 21.2 Å². The first-order valence-electron chi connectivity index (χ1n) is 17.5. The fraction of sp³-hybridized carbons (Fsp3) is 0.522. The lowest BCUT2D eigenvalue weighted by molar-refractivity contribution is -0.138.